The van der Waals surface area contributed by atoms with Crippen molar-refractivity contribution in [3.63, 3.8) is 0 Å². The molecule has 0 saturated carbocycles. The molecule has 1 fully saturated rings. The van der Waals surface area contributed by atoms with Crippen LogP contribution in [-0.2, 0) is 20.7 Å². The SMILES string of the molecule is CCOC(=O)[C@@H]1CC(=O)[C@]2(Cc3c[nH]c4cccc(c34)C2=O)N(C)C1. The Morgan fingerprint density at radius 2 is 2.20 bits per heavy atom. The summed E-state index contributed by atoms with van der Waals surface area (Å²) in [5.74, 6) is -1.25. The lowest BCUT2D eigenvalue weighted by atomic mass is 9.69. The molecule has 1 saturated heterocycles. The monoisotopic (exact) mass is 340 g/mol. The number of carbonyl (C=O) groups is 3. The van der Waals surface area contributed by atoms with E-state index in [9.17, 15) is 14.4 Å². The Morgan fingerprint density at radius 3 is 2.92 bits per heavy atom. The number of benzene rings is 1. The first-order valence-corrected chi connectivity index (χ1v) is 8.54. The van der Waals surface area contributed by atoms with Gasteiger partial charge in [0.2, 0.25) is 0 Å². The van der Waals surface area contributed by atoms with Gasteiger partial charge >= 0.3 is 5.97 Å². The smallest absolute Gasteiger partial charge is 0.310 e. The number of likely N-dealkylation sites (N-methyl/N-ethyl adjacent to an activating group) is 1. The lowest BCUT2D eigenvalue weighted by Crippen LogP contribution is -2.66. The number of rotatable bonds is 2. The summed E-state index contributed by atoms with van der Waals surface area (Å²) < 4.78 is 5.06. The van der Waals surface area contributed by atoms with E-state index in [1.807, 2.05) is 18.3 Å². The van der Waals surface area contributed by atoms with Gasteiger partial charge < -0.3 is 9.72 Å². The molecule has 2 atom stereocenters. The van der Waals surface area contributed by atoms with Crippen molar-refractivity contribution in [2.24, 2.45) is 5.92 Å². The number of hydrogen-bond donors (Lipinski definition) is 1. The van der Waals surface area contributed by atoms with Crippen LogP contribution < -0.4 is 0 Å². The molecule has 1 N–H and O–H groups in total. The van der Waals surface area contributed by atoms with Gasteiger partial charge in [0.15, 0.2) is 11.6 Å². The topological polar surface area (TPSA) is 79.5 Å². The number of likely N-dealkylation sites (tertiary alicyclic amines) is 1. The number of esters is 1. The molecule has 4 rings (SSSR count). The van der Waals surface area contributed by atoms with Crippen LogP contribution in [0.15, 0.2) is 24.4 Å². The van der Waals surface area contributed by atoms with Crippen LogP contribution >= 0.6 is 0 Å². The van der Waals surface area contributed by atoms with Gasteiger partial charge in [0.1, 0.15) is 5.54 Å². The first-order valence-electron chi connectivity index (χ1n) is 8.54. The number of aromatic nitrogens is 1. The Balaban J connectivity index is 1.75. The van der Waals surface area contributed by atoms with Crippen molar-refractivity contribution >= 4 is 28.4 Å². The number of nitrogens with zero attached hydrogens (tertiary/aromatic N) is 1. The summed E-state index contributed by atoms with van der Waals surface area (Å²) >= 11 is 0. The third kappa shape index (κ3) is 2.10. The molecular formula is C19H20N2O4. The molecule has 1 aromatic heterocycles. The first-order chi connectivity index (χ1) is 12.0. The van der Waals surface area contributed by atoms with Crippen LogP contribution in [0.25, 0.3) is 10.9 Å². The summed E-state index contributed by atoms with van der Waals surface area (Å²) in [6.07, 6.45) is 2.26. The molecule has 1 aromatic carbocycles. The predicted molar refractivity (Wildman–Crippen MR) is 91.4 cm³/mol. The second-order valence-corrected chi connectivity index (χ2v) is 6.87. The number of H-pyrrole nitrogens is 1. The molecule has 2 aromatic rings. The second-order valence-electron chi connectivity index (χ2n) is 6.87. The zero-order valence-corrected chi connectivity index (χ0v) is 14.3. The van der Waals surface area contributed by atoms with Gasteiger partial charge in [0, 0.05) is 42.0 Å². The standard InChI is InChI=1S/C19H20N2O4/c1-3-25-18(24)11-7-15(22)19(21(2)10-11)8-12-9-20-14-6-4-5-13(16(12)14)17(19)23/h4-6,9,11,20H,3,7-8,10H2,1-2H3/t11-,19+/m1/s1. The molecule has 0 amide bonds. The van der Waals surface area contributed by atoms with Crippen molar-refractivity contribution < 1.29 is 19.1 Å². The zero-order valence-electron chi connectivity index (χ0n) is 14.3. The van der Waals surface area contributed by atoms with Crippen LogP contribution in [0.4, 0.5) is 0 Å². The summed E-state index contributed by atoms with van der Waals surface area (Å²) in [7, 11) is 1.75. The first kappa shape index (κ1) is 16.0. The molecule has 2 aliphatic rings. The number of carbonyl (C=O) groups excluding carboxylic acids is 3. The summed E-state index contributed by atoms with van der Waals surface area (Å²) in [6, 6.07) is 5.53. The van der Waals surface area contributed by atoms with Gasteiger partial charge in [0.05, 0.1) is 12.5 Å². The van der Waals surface area contributed by atoms with Gasteiger partial charge in [-0.3, -0.25) is 19.3 Å². The van der Waals surface area contributed by atoms with Crippen molar-refractivity contribution in [3.05, 3.63) is 35.5 Å². The molecule has 1 aliphatic carbocycles. The Morgan fingerprint density at radius 1 is 1.40 bits per heavy atom. The summed E-state index contributed by atoms with van der Waals surface area (Å²) in [5.41, 5.74) is 1.24. The highest BCUT2D eigenvalue weighted by atomic mass is 16.5. The van der Waals surface area contributed by atoms with Crippen LogP contribution in [0.2, 0.25) is 0 Å². The summed E-state index contributed by atoms with van der Waals surface area (Å²) in [5, 5.41) is 0.909. The fourth-order valence-electron chi connectivity index (χ4n) is 4.27. The Bertz CT molecular complexity index is 900. The summed E-state index contributed by atoms with van der Waals surface area (Å²) in [4.78, 5) is 43.4. The maximum Gasteiger partial charge on any atom is 0.310 e. The highest BCUT2D eigenvalue weighted by Crippen LogP contribution is 2.40. The van der Waals surface area contributed by atoms with Crippen LogP contribution in [0.5, 0.6) is 0 Å². The number of hydrogen-bond acceptors (Lipinski definition) is 5. The number of aromatic amines is 1. The van der Waals surface area contributed by atoms with E-state index in [1.54, 1.807) is 24.9 Å². The zero-order chi connectivity index (χ0) is 17.8. The van der Waals surface area contributed by atoms with Gasteiger partial charge in [-0.1, -0.05) is 12.1 Å². The Labute approximate surface area is 145 Å². The molecule has 0 unspecified atom stereocenters. The minimum Gasteiger partial charge on any atom is -0.466 e. The Hall–Kier alpha value is -2.47. The maximum absolute atomic E-state index is 13.3. The number of nitrogens with one attached hydrogen (secondary N) is 1. The average Bonchev–Trinajstić information content (AvgIpc) is 3.00. The van der Waals surface area contributed by atoms with E-state index in [-0.39, 0.29) is 30.6 Å². The van der Waals surface area contributed by atoms with Crippen molar-refractivity contribution in [2.45, 2.75) is 25.3 Å². The van der Waals surface area contributed by atoms with Crippen molar-refractivity contribution in [1.82, 2.24) is 9.88 Å². The molecule has 6 heteroatoms. The van der Waals surface area contributed by atoms with Crippen molar-refractivity contribution in [1.29, 1.82) is 0 Å². The number of ketones is 2. The summed E-state index contributed by atoms with van der Waals surface area (Å²) in [6.45, 7) is 2.37. The molecule has 6 nitrogen and oxygen atoms in total. The molecule has 130 valence electrons. The number of Topliss-reactive ketones (excluding diaryl/α,β-unsaturated/α-hetero) is 2. The fourth-order valence-corrected chi connectivity index (χ4v) is 4.27. The van der Waals surface area contributed by atoms with Crippen LogP contribution in [0.3, 0.4) is 0 Å². The van der Waals surface area contributed by atoms with E-state index < -0.39 is 11.5 Å². The fraction of sp³-hybridized carbons (Fsp3) is 0.421. The number of piperidine rings is 1. The van der Waals surface area contributed by atoms with Crippen LogP contribution in [0.1, 0.15) is 29.3 Å². The van der Waals surface area contributed by atoms with Gasteiger partial charge in [0.25, 0.3) is 0 Å². The largest absolute Gasteiger partial charge is 0.466 e. The minimum absolute atomic E-state index is 0.0463. The Kier molecular flexibility index (Phi) is 3.54. The lowest BCUT2D eigenvalue weighted by molar-refractivity contribution is -0.155. The van der Waals surface area contributed by atoms with E-state index in [1.165, 1.54) is 0 Å². The highest BCUT2D eigenvalue weighted by molar-refractivity contribution is 6.25. The predicted octanol–water partition coefficient (Wildman–Crippen LogP) is 1.73. The minimum atomic E-state index is -1.22. The molecule has 25 heavy (non-hydrogen) atoms. The quantitative estimate of drug-likeness (QED) is 0.665. The number of ether oxygens (including phenoxy) is 1. The van der Waals surface area contributed by atoms with E-state index >= 15 is 0 Å². The van der Waals surface area contributed by atoms with Gasteiger partial charge in [-0.15, -0.1) is 0 Å². The average molecular weight is 340 g/mol. The molecule has 1 aliphatic heterocycles. The van der Waals surface area contributed by atoms with E-state index in [2.05, 4.69) is 4.98 Å². The van der Waals surface area contributed by atoms with E-state index in [4.69, 9.17) is 4.74 Å². The van der Waals surface area contributed by atoms with Gasteiger partial charge in [-0.2, -0.15) is 0 Å². The molecule has 1 spiro atoms. The van der Waals surface area contributed by atoms with Crippen molar-refractivity contribution in [3.8, 4) is 0 Å². The third-order valence-corrected chi connectivity index (χ3v) is 5.51. The van der Waals surface area contributed by atoms with Gasteiger partial charge in [-0.05, 0) is 25.6 Å². The molecule has 0 bridgehead atoms. The molecular weight excluding hydrogens is 320 g/mol. The molecule has 0 radical (unpaired) electrons. The third-order valence-electron chi connectivity index (χ3n) is 5.51. The van der Waals surface area contributed by atoms with E-state index in [0.717, 1.165) is 16.5 Å². The van der Waals surface area contributed by atoms with Crippen molar-refractivity contribution in [2.75, 3.05) is 20.2 Å². The maximum atomic E-state index is 13.3. The highest BCUT2D eigenvalue weighted by Gasteiger charge is 2.56. The lowest BCUT2D eigenvalue weighted by Gasteiger charge is -2.46. The van der Waals surface area contributed by atoms with Crippen LogP contribution in [-0.4, -0.2) is 53.2 Å². The van der Waals surface area contributed by atoms with E-state index in [0.29, 0.717) is 18.5 Å². The van der Waals surface area contributed by atoms with Crippen LogP contribution in [0, 0.1) is 5.92 Å². The second kappa shape index (κ2) is 5.52. The normalized spacial score (nSPS) is 26.4. The molecule has 2 heterocycles. The van der Waals surface area contributed by atoms with Gasteiger partial charge in [-0.25, -0.2) is 0 Å².